The molecule has 1 aliphatic rings. The van der Waals surface area contributed by atoms with Gasteiger partial charge in [0.25, 0.3) is 0 Å². The van der Waals surface area contributed by atoms with Crippen LogP contribution in [0.1, 0.15) is 0 Å². The van der Waals surface area contributed by atoms with Crippen molar-refractivity contribution < 1.29 is 9.47 Å². The van der Waals surface area contributed by atoms with Crippen molar-refractivity contribution in [1.82, 2.24) is 14.8 Å². The van der Waals surface area contributed by atoms with Crippen molar-refractivity contribution in [1.29, 1.82) is 0 Å². The molecule has 1 aliphatic heterocycles. The Bertz CT molecular complexity index is 970. The third kappa shape index (κ3) is 5.08. The largest absolute Gasteiger partial charge is 0.491 e. The van der Waals surface area contributed by atoms with Crippen molar-refractivity contribution in [2.75, 3.05) is 65.3 Å². The van der Waals surface area contributed by atoms with Gasteiger partial charge in [-0.2, -0.15) is 0 Å². The highest BCUT2D eigenvalue weighted by Crippen LogP contribution is 2.33. The van der Waals surface area contributed by atoms with Crippen molar-refractivity contribution in [2.45, 2.75) is 0 Å². The second kappa shape index (κ2) is 9.89. The number of hydrogen-bond acceptors (Lipinski definition) is 6. The van der Waals surface area contributed by atoms with E-state index in [0.717, 1.165) is 67.1 Å². The van der Waals surface area contributed by atoms with Crippen LogP contribution >= 0.6 is 0 Å². The number of aromatic nitrogens is 1. The fraction of sp³-hybridized carbons (Fsp3) is 0.375. The van der Waals surface area contributed by atoms with Gasteiger partial charge in [0.05, 0.1) is 18.9 Å². The number of nitrogen functional groups attached to an aromatic ring is 1. The number of nitrogens with zero attached hydrogens (tertiary/aromatic N) is 3. The molecule has 2 heterocycles. The molecule has 3 aromatic rings. The number of rotatable bonds is 8. The fourth-order valence-electron chi connectivity index (χ4n) is 3.80. The van der Waals surface area contributed by atoms with Crippen LogP contribution < -0.4 is 10.5 Å². The van der Waals surface area contributed by atoms with E-state index >= 15 is 0 Å². The first-order valence-electron chi connectivity index (χ1n) is 10.6. The summed E-state index contributed by atoms with van der Waals surface area (Å²) in [4.78, 5) is 9.29. The molecule has 30 heavy (non-hydrogen) atoms. The van der Waals surface area contributed by atoms with Gasteiger partial charge in [-0.05, 0) is 36.7 Å². The average Bonchev–Trinajstić information content (AvgIpc) is 2.77. The molecule has 1 fully saturated rings. The molecule has 0 amide bonds. The van der Waals surface area contributed by atoms with E-state index in [2.05, 4.69) is 34.0 Å². The molecule has 2 aromatic carbocycles. The normalized spacial score (nSPS) is 15.5. The molecule has 1 saturated heterocycles. The molecule has 0 atom stereocenters. The lowest BCUT2D eigenvalue weighted by Crippen LogP contribution is -2.45. The van der Waals surface area contributed by atoms with Crippen molar-refractivity contribution in [3.8, 4) is 17.0 Å². The van der Waals surface area contributed by atoms with Crippen molar-refractivity contribution >= 4 is 16.6 Å². The number of benzene rings is 2. The Morgan fingerprint density at radius 3 is 2.47 bits per heavy atom. The number of fused-ring (bicyclic) bond motifs is 1. The number of piperazine rings is 1. The maximum absolute atomic E-state index is 6.05. The molecule has 0 spiro atoms. The molecule has 0 saturated carbocycles. The van der Waals surface area contributed by atoms with E-state index in [1.54, 1.807) is 6.07 Å². The van der Waals surface area contributed by atoms with Crippen molar-refractivity contribution in [2.24, 2.45) is 0 Å². The first kappa shape index (κ1) is 20.6. The maximum atomic E-state index is 6.05. The number of pyridine rings is 1. The first-order valence-corrected chi connectivity index (χ1v) is 10.6. The van der Waals surface area contributed by atoms with E-state index in [-0.39, 0.29) is 0 Å². The summed E-state index contributed by atoms with van der Waals surface area (Å²) in [5.74, 6) is 1.38. The molecule has 158 valence electrons. The lowest BCUT2D eigenvalue weighted by molar-refractivity contribution is 0.0660. The molecule has 6 nitrogen and oxygen atoms in total. The SMILES string of the molecule is CN1CCN(CCOCCOc2ccc(-c3cccc(N)n3)c3ccccc23)CC1. The number of anilines is 1. The summed E-state index contributed by atoms with van der Waals surface area (Å²) >= 11 is 0. The Morgan fingerprint density at radius 1 is 0.867 bits per heavy atom. The molecular formula is C24H30N4O2. The highest BCUT2D eigenvalue weighted by Gasteiger charge is 2.13. The van der Waals surface area contributed by atoms with Gasteiger partial charge in [0.1, 0.15) is 18.2 Å². The molecule has 2 N–H and O–H groups in total. The molecule has 6 heteroatoms. The van der Waals surface area contributed by atoms with Crippen LogP contribution in [0.15, 0.2) is 54.6 Å². The molecule has 0 bridgehead atoms. The summed E-state index contributed by atoms with van der Waals surface area (Å²) in [6.45, 7) is 7.36. The molecular weight excluding hydrogens is 376 g/mol. The van der Waals surface area contributed by atoms with Gasteiger partial charge in [-0.15, -0.1) is 0 Å². The van der Waals surface area contributed by atoms with E-state index in [0.29, 0.717) is 19.0 Å². The topological polar surface area (TPSA) is 63.9 Å². The summed E-state index contributed by atoms with van der Waals surface area (Å²) in [5.41, 5.74) is 7.79. The van der Waals surface area contributed by atoms with E-state index < -0.39 is 0 Å². The van der Waals surface area contributed by atoms with Gasteiger partial charge in [0.15, 0.2) is 0 Å². The maximum Gasteiger partial charge on any atom is 0.127 e. The minimum atomic E-state index is 0.519. The van der Waals surface area contributed by atoms with Crippen LogP contribution in [0.5, 0.6) is 5.75 Å². The average molecular weight is 407 g/mol. The standard InChI is InChI=1S/C24H30N4O2/c1-27-11-13-28(14-12-27)15-16-29-17-18-30-23-10-9-20(19-5-2-3-6-21(19)23)22-7-4-8-24(25)26-22/h2-10H,11-18H2,1H3,(H2,25,26). The van der Waals surface area contributed by atoms with Crippen LogP contribution in [0.25, 0.3) is 22.0 Å². The zero-order valence-electron chi connectivity index (χ0n) is 17.6. The van der Waals surface area contributed by atoms with E-state index in [4.69, 9.17) is 15.2 Å². The Balaban J connectivity index is 1.33. The second-order valence-corrected chi connectivity index (χ2v) is 7.71. The van der Waals surface area contributed by atoms with Crippen molar-refractivity contribution in [3.63, 3.8) is 0 Å². The monoisotopic (exact) mass is 406 g/mol. The van der Waals surface area contributed by atoms with Gasteiger partial charge in [-0.3, -0.25) is 4.90 Å². The van der Waals surface area contributed by atoms with Gasteiger partial charge >= 0.3 is 0 Å². The molecule has 4 rings (SSSR count). The van der Waals surface area contributed by atoms with Gasteiger partial charge in [-0.25, -0.2) is 4.98 Å². The molecule has 1 aromatic heterocycles. The number of hydrogen-bond donors (Lipinski definition) is 1. The van der Waals surface area contributed by atoms with Crippen LogP contribution in [0, 0.1) is 0 Å². The highest BCUT2D eigenvalue weighted by molar-refractivity contribution is 5.99. The summed E-state index contributed by atoms with van der Waals surface area (Å²) in [7, 11) is 2.17. The predicted octanol–water partition coefficient (Wildman–Crippen LogP) is 3.13. The lowest BCUT2D eigenvalue weighted by atomic mass is 10.0. The number of ether oxygens (including phenoxy) is 2. The fourth-order valence-corrected chi connectivity index (χ4v) is 3.80. The molecule has 0 radical (unpaired) electrons. The minimum Gasteiger partial charge on any atom is -0.491 e. The van der Waals surface area contributed by atoms with Crippen molar-refractivity contribution in [3.05, 3.63) is 54.6 Å². The van der Waals surface area contributed by atoms with Crippen LogP contribution in [0.2, 0.25) is 0 Å². The quantitative estimate of drug-likeness (QED) is 0.580. The Morgan fingerprint density at radius 2 is 1.67 bits per heavy atom. The Hall–Kier alpha value is -2.67. The summed E-state index contributed by atoms with van der Waals surface area (Å²) < 4.78 is 11.8. The zero-order valence-corrected chi connectivity index (χ0v) is 17.6. The first-order chi connectivity index (χ1) is 14.7. The number of likely N-dealkylation sites (N-methyl/N-ethyl adjacent to an activating group) is 1. The zero-order chi connectivity index (χ0) is 20.8. The predicted molar refractivity (Wildman–Crippen MR) is 122 cm³/mol. The van der Waals surface area contributed by atoms with Gasteiger partial charge < -0.3 is 20.1 Å². The van der Waals surface area contributed by atoms with Crippen LogP contribution in [0.4, 0.5) is 5.82 Å². The molecule has 0 unspecified atom stereocenters. The van der Waals surface area contributed by atoms with Crippen LogP contribution in [0.3, 0.4) is 0 Å². The van der Waals surface area contributed by atoms with Gasteiger partial charge in [0, 0.05) is 43.7 Å². The minimum absolute atomic E-state index is 0.519. The highest BCUT2D eigenvalue weighted by atomic mass is 16.5. The Kier molecular flexibility index (Phi) is 6.79. The molecule has 0 aliphatic carbocycles. The smallest absolute Gasteiger partial charge is 0.127 e. The third-order valence-electron chi connectivity index (χ3n) is 5.56. The summed E-state index contributed by atoms with van der Waals surface area (Å²) in [6, 6.07) is 18.0. The number of nitrogens with two attached hydrogens (primary N) is 1. The van der Waals surface area contributed by atoms with E-state index in [1.807, 2.05) is 36.4 Å². The van der Waals surface area contributed by atoms with E-state index in [1.165, 1.54) is 0 Å². The third-order valence-corrected chi connectivity index (χ3v) is 5.56. The van der Waals surface area contributed by atoms with Gasteiger partial charge in [0.2, 0.25) is 0 Å². The summed E-state index contributed by atoms with van der Waals surface area (Å²) in [6.07, 6.45) is 0. The summed E-state index contributed by atoms with van der Waals surface area (Å²) in [5, 5.41) is 2.17. The second-order valence-electron chi connectivity index (χ2n) is 7.71. The van der Waals surface area contributed by atoms with Gasteiger partial charge in [-0.1, -0.05) is 30.3 Å². The van der Waals surface area contributed by atoms with E-state index in [9.17, 15) is 0 Å². The Labute approximate surface area is 178 Å². The van der Waals surface area contributed by atoms with Crippen LogP contribution in [-0.2, 0) is 4.74 Å². The lowest BCUT2D eigenvalue weighted by Gasteiger charge is -2.32. The van der Waals surface area contributed by atoms with Crippen LogP contribution in [-0.4, -0.2) is 74.4 Å².